The molecule has 0 radical (unpaired) electrons. The van der Waals surface area contributed by atoms with Crippen molar-refractivity contribution in [3.8, 4) is 5.75 Å². The number of aryl methyl sites for hydroxylation is 1. The van der Waals surface area contributed by atoms with Crippen LogP contribution in [0.25, 0.3) is 0 Å². The number of ether oxygens (including phenoxy) is 1. The summed E-state index contributed by atoms with van der Waals surface area (Å²) in [5.41, 5.74) is 1.07. The maximum Gasteiger partial charge on any atom is 0.321 e. The summed E-state index contributed by atoms with van der Waals surface area (Å²) in [6, 6.07) is 7.34. The van der Waals surface area contributed by atoms with Gasteiger partial charge in [0.2, 0.25) is 0 Å². The average Bonchev–Trinajstić information content (AvgIpc) is 2.04. The third-order valence-electron chi connectivity index (χ3n) is 1.35. The molecule has 0 unspecified atom stereocenters. The van der Waals surface area contributed by atoms with Gasteiger partial charge in [0.25, 0.3) is 0 Å². The van der Waals surface area contributed by atoms with Crippen molar-refractivity contribution in [1.29, 1.82) is 0 Å². The quantitative estimate of drug-likeness (QED) is 0.429. The molecule has 0 fully saturated rings. The highest BCUT2D eigenvalue weighted by Gasteiger charge is 2.00. The highest BCUT2D eigenvalue weighted by Crippen LogP contribution is 2.12. The van der Waals surface area contributed by atoms with Gasteiger partial charge in [-0.2, -0.15) is 12.6 Å². The molecule has 12 heavy (non-hydrogen) atoms. The van der Waals surface area contributed by atoms with Crippen LogP contribution < -0.4 is 4.74 Å². The first kappa shape index (κ1) is 9.13. The van der Waals surface area contributed by atoms with Crippen LogP contribution in [-0.4, -0.2) is 11.7 Å². The largest absolute Gasteiger partial charge is 0.426 e. The third kappa shape index (κ3) is 2.58. The summed E-state index contributed by atoms with van der Waals surface area (Å²) in [4.78, 5) is 10.8. The molecule has 0 aliphatic carbocycles. The minimum Gasteiger partial charge on any atom is -0.426 e. The van der Waals surface area contributed by atoms with Crippen molar-refractivity contribution in [2.75, 3.05) is 5.75 Å². The van der Waals surface area contributed by atoms with Gasteiger partial charge in [-0.3, -0.25) is 4.79 Å². The van der Waals surface area contributed by atoms with E-state index >= 15 is 0 Å². The van der Waals surface area contributed by atoms with Crippen LogP contribution in [0.2, 0.25) is 0 Å². The minimum absolute atomic E-state index is 0.105. The third-order valence-corrected chi connectivity index (χ3v) is 1.61. The lowest BCUT2D eigenvalue weighted by Gasteiger charge is -2.01. The van der Waals surface area contributed by atoms with E-state index in [2.05, 4.69) is 12.6 Å². The van der Waals surface area contributed by atoms with E-state index in [1.165, 1.54) is 0 Å². The SMILES string of the molecule is Cc1cccc(OC(=O)CS)c1. The second-order valence-electron chi connectivity index (χ2n) is 2.45. The molecule has 0 aliphatic rings. The molecular weight excluding hydrogens is 172 g/mol. The Kier molecular flexibility index (Phi) is 3.17. The fourth-order valence-electron chi connectivity index (χ4n) is 0.843. The number of rotatable bonds is 2. The first-order chi connectivity index (χ1) is 5.72. The van der Waals surface area contributed by atoms with Crippen LogP contribution in [0, 0.1) is 6.92 Å². The summed E-state index contributed by atoms with van der Waals surface area (Å²) < 4.78 is 4.93. The minimum atomic E-state index is -0.330. The van der Waals surface area contributed by atoms with E-state index < -0.39 is 0 Å². The zero-order valence-corrected chi connectivity index (χ0v) is 7.67. The van der Waals surface area contributed by atoms with Crippen LogP contribution in [0.15, 0.2) is 24.3 Å². The van der Waals surface area contributed by atoms with Crippen molar-refractivity contribution in [2.45, 2.75) is 6.92 Å². The molecule has 1 aromatic carbocycles. The lowest BCUT2D eigenvalue weighted by Crippen LogP contribution is -2.08. The van der Waals surface area contributed by atoms with Gasteiger partial charge in [0.1, 0.15) is 5.75 Å². The smallest absolute Gasteiger partial charge is 0.321 e. The lowest BCUT2D eigenvalue weighted by molar-refractivity contribution is -0.131. The van der Waals surface area contributed by atoms with Gasteiger partial charge in [-0.1, -0.05) is 12.1 Å². The fraction of sp³-hybridized carbons (Fsp3) is 0.222. The second-order valence-corrected chi connectivity index (χ2v) is 2.76. The monoisotopic (exact) mass is 182 g/mol. The standard InChI is InChI=1S/C9H10O2S/c1-7-3-2-4-8(5-7)11-9(10)6-12/h2-5,12H,6H2,1H3. The van der Waals surface area contributed by atoms with E-state index in [0.717, 1.165) is 5.56 Å². The molecule has 0 saturated carbocycles. The van der Waals surface area contributed by atoms with E-state index in [4.69, 9.17) is 4.74 Å². The summed E-state index contributed by atoms with van der Waals surface area (Å²) in [5, 5.41) is 0. The molecule has 0 aromatic heterocycles. The van der Waals surface area contributed by atoms with E-state index in [-0.39, 0.29) is 11.7 Å². The molecule has 64 valence electrons. The maximum atomic E-state index is 10.8. The Bertz CT molecular complexity index is 284. The molecule has 0 aliphatic heterocycles. The van der Waals surface area contributed by atoms with Gasteiger partial charge in [0.15, 0.2) is 0 Å². The normalized spacial score (nSPS) is 9.50. The van der Waals surface area contributed by atoms with Gasteiger partial charge in [0, 0.05) is 0 Å². The molecule has 1 rings (SSSR count). The molecule has 1 aromatic rings. The van der Waals surface area contributed by atoms with Gasteiger partial charge >= 0.3 is 5.97 Å². The Balaban J connectivity index is 2.69. The second kappa shape index (κ2) is 4.16. The number of hydrogen-bond acceptors (Lipinski definition) is 3. The summed E-state index contributed by atoms with van der Waals surface area (Å²) in [5.74, 6) is 0.353. The van der Waals surface area contributed by atoms with Crippen molar-refractivity contribution in [2.24, 2.45) is 0 Å². The van der Waals surface area contributed by atoms with Crippen LogP contribution in [0.1, 0.15) is 5.56 Å². The van der Waals surface area contributed by atoms with Crippen molar-refractivity contribution >= 4 is 18.6 Å². The summed E-state index contributed by atoms with van der Waals surface area (Å²) in [6.45, 7) is 1.94. The molecule has 0 atom stereocenters. The summed E-state index contributed by atoms with van der Waals surface area (Å²) >= 11 is 3.80. The van der Waals surface area contributed by atoms with E-state index in [9.17, 15) is 4.79 Å². The molecule has 0 spiro atoms. The van der Waals surface area contributed by atoms with Crippen molar-refractivity contribution < 1.29 is 9.53 Å². The topological polar surface area (TPSA) is 26.3 Å². The number of hydrogen-bond donors (Lipinski definition) is 1. The Morgan fingerprint density at radius 1 is 1.58 bits per heavy atom. The maximum absolute atomic E-state index is 10.8. The van der Waals surface area contributed by atoms with Crippen LogP contribution in [0.3, 0.4) is 0 Å². The molecular formula is C9H10O2S. The first-order valence-electron chi connectivity index (χ1n) is 3.60. The Hall–Kier alpha value is -0.960. The van der Waals surface area contributed by atoms with Gasteiger partial charge in [-0.05, 0) is 24.6 Å². The number of carbonyl (C=O) groups is 1. The van der Waals surface area contributed by atoms with Gasteiger partial charge in [-0.15, -0.1) is 0 Å². The molecule has 0 N–H and O–H groups in total. The van der Waals surface area contributed by atoms with Crippen LogP contribution in [0.4, 0.5) is 0 Å². The molecule has 0 bridgehead atoms. The van der Waals surface area contributed by atoms with E-state index in [1.807, 2.05) is 19.1 Å². The van der Waals surface area contributed by atoms with E-state index in [0.29, 0.717) is 5.75 Å². The zero-order chi connectivity index (χ0) is 8.97. The van der Waals surface area contributed by atoms with Crippen LogP contribution in [0.5, 0.6) is 5.75 Å². The zero-order valence-electron chi connectivity index (χ0n) is 6.78. The number of esters is 1. The summed E-state index contributed by atoms with van der Waals surface area (Å²) in [7, 11) is 0. The van der Waals surface area contributed by atoms with Gasteiger partial charge in [-0.25, -0.2) is 0 Å². The predicted molar refractivity (Wildman–Crippen MR) is 50.7 cm³/mol. The van der Waals surface area contributed by atoms with Gasteiger partial charge < -0.3 is 4.74 Å². The van der Waals surface area contributed by atoms with Crippen molar-refractivity contribution in [1.82, 2.24) is 0 Å². The van der Waals surface area contributed by atoms with Gasteiger partial charge in [0.05, 0.1) is 5.75 Å². The molecule has 0 saturated heterocycles. The molecule has 0 amide bonds. The Morgan fingerprint density at radius 2 is 2.33 bits per heavy atom. The summed E-state index contributed by atoms with van der Waals surface area (Å²) in [6.07, 6.45) is 0. The Labute approximate surface area is 77.0 Å². The van der Waals surface area contributed by atoms with E-state index in [1.54, 1.807) is 12.1 Å². The predicted octanol–water partition coefficient (Wildman–Crippen LogP) is 1.83. The van der Waals surface area contributed by atoms with Crippen LogP contribution in [-0.2, 0) is 4.79 Å². The highest BCUT2D eigenvalue weighted by molar-refractivity contribution is 7.81. The molecule has 2 nitrogen and oxygen atoms in total. The van der Waals surface area contributed by atoms with Crippen molar-refractivity contribution in [3.63, 3.8) is 0 Å². The average molecular weight is 182 g/mol. The number of carbonyl (C=O) groups excluding carboxylic acids is 1. The molecule has 0 heterocycles. The molecule has 3 heteroatoms. The first-order valence-corrected chi connectivity index (χ1v) is 4.24. The van der Waals surface area contributed by atoms with Crippen molar-refractivity contribution in [3.05, 3.63) is 29.8 Å². The highest BCUT2D eigenvalue weighted by atomic mass is 32.1. The Morgan fingerprint density at radius 3 is 2.92 bits per heavy atom. The lowest BCUT2D eigenvalue weighted by atomic mass is 10.2. The fourth-order valence-corrected chi connectivity index (χ4v) is 0.907. The number of benzene rings is 1. The van der Waals surface area contributed by atoms with Crippen LogP contribution >= 0.6 is 12.6 Å². The number of thiol groups is 1.